The maximum Gasteiger partial charge on any atom is 0.0512 e. The standard InChI is InChI=1S/C14H21NO/c1-12(16)6-4-5-9-15-10-13-7-2-3-8-14(13)11-15/h2-3,7-8,12,16H,4-6,9-11H2,1H3. The van der Waals surface area contributed by atoms with Crippen LogP contribution in [-0.4, -0.2) is 22.7 Å². The quantitative estimate of drug-likeness (QED) is 0.769. The van der Waals surface area contributed by atoms with Gasteiger partial charge < -0.3 is 5.11 Å². The number of rotatable bonds is 5. The fraction of sp³-hybridized carbons (Fsp3) is 0.571. The third-order valence-electron chi connectivity index (χ3n) is 3.25. The molecule has 0 bridgehead atoms. The van der Waals surface area contributed by atoms with Gasteiger partial charge in [0.25, 0.3) is 0 Å². The van der Waals surface area contributed by atoms with E-state index in [0.29, 0.717) is 0 Å². The molecule has 1 heterocycles. The van der Waals surface area contributed by atoms with Crippen LogP contribution in [0.1, 0.15) is 37.3 Å². The molecule has 1 atom stereocenters. The van der Waals surface area contributed by atoms with Crippen molar-refractivity contribution in [3.8, 4) is 0 Å². The Morgan fingerprint density at radius 1 is 1.19 bits per heavy atom. The van der Waals surface area contributed by atoms with Crippen molar-refractivity contribution in [1.82, 2.24) is 4.90 Å². The van der Waals surface area contributed by atoms with Gasteiger partial charge in [-0.2, -0.15) is 0 Å². The van der Waals surface area contributed by atoms with E-state index in [1.54, 1.807) is 0 Å². The molecule has 1 aromatic rings. The van der Waals surface area contributed by atoms with Crippen molar-refractivity contribution in [1.29, 1.82) is 0 Å². The summed E-state index contributed by atoms with van der Waals surface area (Å²) in [6.45, 7) is 5.23. The lowest BCUT2D eigenvalue weighted by atomic mass is 10.1. The molecule has 0 amide bonds. The molecule has 0 fully saturated rings. The third-order valence-corrected chi connectivity index (χ3v) is 3.25. The van der Waals surface area contributed by atoms with Crippen molar-refractivity contribution in [2.45, 2.75) is 45.4 Å². The molecule has 16 heavy (non-hydrogen) atoms. The van der Waals surface area contributed by atoms with E-state index in [0.717, 1.165) is 32.5 Å². The molecule has 2 rings (SSSR count). The Kier molecular flexibility index (Phi) is 3.97. The fourth-order valence-electron chi connectivity index (χ4n) is 2.34. The van der Waals surface area contributed by atoms with Crippen LogP contribution in [-0.2, 0) is 13.1 Å². The van der Waals surface area contributed by atoms with Crippen LogP contribution in [0, 0.1) is 0 Å². The van der Waals surface area contributed by atoms with Crippen LogP contribution in [0.25, 0.3) is 0 Å². The first-order valence-corrected chi connectivity index (χ1v) is 6.23. The van der Waals surface area contributed by atoms with E-state index in [9.17, 15) is 5.11 Å². The highest BCUT2D eigenvalue weighted by Gasteiger charge is 2.17. The summed E-state index contributed by atoms with van der Waals surface area (Å²) in [7, 11) is 0. The van der Waals surface area contributed by atoms with Gasteiger partial charge in [0.1, 0.15) is 0 Å². The minimum absolute atomic E-state index is 0.143. The molecule has 1 aliphatic rings. The normalized spacial score (nSPS) is 17.4. The smallest absolute Gasteiger partial charge is 0.0512 e. The first kappa shape index (κ1) is 11.6. The van der Waals surface area contributed by atoms with Crippen LogP contribution < -0.4 is 0 Å². The molecule has 1 aliphatic heterocycles. The van der Waals surface area contributed by atoms with Crippen molar-refractivity contribution < 1.29 is 5.11 Å². The number of hydrogen-bond acceptors (Lipinski definition) is 2. The maximum absolute atomic E-state index is 9.17. The third kappa shape index (κ3) is 3.06. The van der Waals surface area contributed by atoms with Crippen LogP contribution in [0.15, 0.2) is 24.3 Å². The molecule has 1 unspecified atom stereocenters. The van der Waals surface area contributed by atoms with E-state index in [1.165, 1.54) is 17.5 Å². The van der Waals surface area contributed by atoms with Gasteiger partial charge in [0.05, 0.1) is 6.10 Å². The highest BCUT2D eigenvalue weighted by atomic mass is 16.3. The van der Waals surface area contributed by atoms with E-state index in [1.807, 2.05) is 6.92 Å². The average Bonchev–Trinajstić information content (AvgIpc) is 2.66. The van der Waals surface area contributed by atoms with Crippen molar-refractivity contribution in [2.75, 3.05) is 6.54 Å². The van der Waals surface area contributed by atoms with Crippen molar-refractivity contribution in [3.05, 3.63) is 35.4 Å². The number of benzene rings is 1. The molecule has 88 valence electrons. The van der Waals surface area contributed by atoms with Gasteiger partial charge in [-0.1, -0.05) is 24.3 Å². The van der Waals surface area contributed by atoms with Gasteiger partial charge in [0.15, 0.2) is 0 Å². The van der Waals surface area contributed by atoms with Gasteiger partial charge >= 0.3 is 0 Å². The molecule has 1 aromatic carbocycles. The van der Waals surface area contributed by atoms with E-state index in [-0.39, 0.29) is 6.10 Å². The topological polar surface area (TPSA) is 23.5 Å². The van der Waals surface area contributed by atoms with Crippen molar-refractivity contribution >= 4 is 0 Å². The zero-order chi connectivity index (χ0) is 11.4. The van der Waals surface area contributed by atoms with Crippen molar-refractivity contribution in [2.24, 2.45) is 0 Å². The van der Waals surface area contributed by atoms with Gasteiger partial charge in [-0.3, -0.25) is 4.90 Å². The number of hydrogen-bond donors (Lipinski definition) is 1. The summed E-state index contributed by atoms with van der Waals surface area (Å²) in [4.78, 5) is 2.49. The van der Waals surface area contributed by atoms with Crippen LogP contribution in [0.3, 0.4) is 0 Å². The zero-order valence-corrected chi connectivity index (χ0v) is 10.0. The summed E-state index contributed by atoms with van der Waals surface area (Å²) < 4.78 is 0. The van der Waals surface area contributed by atoms with Crippen LogP contribution in [0.4, 0.5) is 0 Å². The Bertz CT molecular complexity index is 310. The molecular formula is C14H21NO. The van der Waals surface area contributed by atoms with Gasteiger partial charge in [0, 0.05) is 13.1 Å². The number of aliphatic hydroxyl groups is 1. The lowest BCUT2D eigenvalue weighted by molar-refractivity contribution is 0.176. The summed E-state index contributed by atoms with van der Waals surface area (Å²) in [5, 5.41) is 9.17. The summed E-state index contributed by atoms with van der Waals surface area (Å²) in [6, 6.07) is 8.70. The van der Waals surface area contributed by atoms with Crippen LogP contribution >= 0.6 is 0 Å². The molecule has 0 radical (unpaired) electrons. The SMILES string of the molecule is CC(O)CCCCN1Cc2ccccc2C1. The number of unbranched alkanes of at least 4 members (excludes halogenated alkanes) is 1. The fourth-order valence-corrected chi connectivity index (χ4v) is 2.34. The minimum Gasteiger partial charge on any atom is -0.393 e. The predicted molar refractivity (Wildman–Crippen MR) is 66.1 cm³/mol. The Balaban J connectivity index is 1.71. The summed E-state index contributed by atoms with van der Waals surface area (Å²) >= 11 is 0. The highest BCUT2D eigenvalue weighted by Crippen LogP contribution is 2.22. The molecule has 2 nitrogen and oxygen atoms in total. The second kappa shape index (κ2) is 5.46. The monoisotopic (exact) mass is 219 g/mol. The van der Waals surface area contributed by atoms with Crippen LogP contribution in [0.5, 0.6) is 0 Å². The predicted octanol–water partition coefficient (Wildman–Crippen LogP) is 2.55. The number of aliphatic hydroxyl groups excluding tert-OH is 1. The first-order chi connectivity index (χ1) is 7.75. The minimum atomic E-state index is -0.143. The molecule has 0 spiro atoms. The van der Waals surface area contributed by atoms with Gasteiger partial charge in [-0.25, -0.2) is 0 Å². The largest absolute Gasteiger partial charge is 0.393 e. The second-order valence-electron chi connectivity index (χ2n) is 4.82. The van der Waals surface area contributed by atoms with E-state index < -0.39 is 0 Å². The lowest BCUT2D eigenvalue weighted by Crippen LogP contribution is -2.17. The van der Waals surface area contributed by atoms with Crippen LogP contribution in [0.2, 0.25) is 0 Å². The van der Waals surface area contributed by atoms with Gasteiger partial charge in [0.2, 0.25) is 0 Å². The zero-order valence-electron chi connectivity index (χ0n) is 10.0. The Morgan fingerprint density at radius 2 is 1.81 bits per heavy atom. The summed E-state index contributed by atoms with van der Waals surface area (Å²) in [5.41, 5.74) is 2.97. The van der Waals surface area contributed by atoms with Gasteiger partial charge in [-0.15, -0.1) is 0 Å². The molecule has 1 N–H and O–H groups in total. The maximum atomic E-state index is 9.17. The highest BCUT2D eigenvalue weighted by molar-refractivity contribution is 5.30. The van der Waals surface area contributed by atoms with Gasteiger partial charge in [-0.05, 0) is 43.9 Å². The van der Waals surface area contributed by atoms with E-state index >= 15 is 0 Å². The first-order valence-electron chi connectivity index (χ1n) is 6.23. The number of fused-ring (bicyclic) bond motifs is 1. The number of nitrogens with zero attached hydrogens (tertiary/aromatic N) is 1. The van der Waals surface area contributed by atoms with E-state index in [4.69, 9.17) is 0 Å². The summed E-state index contributed by atoms with van der Waals surface area (Å²) in [5.74, 6) is 0. The average molecular weight is 219 g/mol. The Labute approximate surface area is 97.9 Å². The summed E-state index contributed by atoms with van der Waals surface area (Å²) in [6.07, 6.45) is 3.11. The van der Waals surface area contributed by atoms with E-state index in [2.05, 4.69) is 29.2 Å². The Morgan fingerprint density at radius 3 is 2.38 bits per heavy atom. The Hall–Kier alpha value is -0.860. The molecule has 0 aliphatic carbocycles. The lowest BCUT2D eigenvalue weighted by Gasteiger charge is -2.14. The van der Waals surface area contributed by atoms with Crippen molar-refractivity contribution in [3.63, 3.8) is 0 Å². The molecule has 0 saturated carbocycles. The molecule has 0 aromatic heterocycles. The molecular weight excluding hydrogens is 198 g/mol. The molecule has 2 heteroatoms. The molecule has 0 saturated heterocycles. The second-order valence-corrected chi connectivity index (χ2v) is 4.82.